The molecule has 5 heteroatoms. The van der Waals surface area contributed by atoms with Crippen LogP contribution in [0.2, 0.25) is 0 Å². The van der Waals surface area contributed by atoms with Gasteiger partial charge < -0.3 is 10.5 Å². The maximum atomic E-state index is 5.80. The van der Waals surface area contributed by atoms with Gasteiger partial charge in [-0.05, 0) is 37.4 Å². The lowest BCUT2D eigenvalue weighted by molar-refractivity contribution is 0.199. The minimum atomic E-state index is 0.518. The first-order chi connectivity index (χ1) is 10.1. The molecule has 1 rings (SSSR count). The molecule has 0 saturated carbocycles. The van der Waals surface area contributed by atoms with E-state index in [0.717, 1.165) is 17.9 Å². The van der Waals surface area contributed by atoms with Crippen molar-refractivity contribution < 1.29 is 4.74 Å². The highest BCUT2D eigenvalue weighted by Gasteiger charge is 2.11. The summed E-state index contributed by atoms with van der Waals surface area (Å²) in [5.74, 6) is 2.06. The van der Waals surface area contributed by atoms with Crippen molar-refractivity contribution in [2.75, 3.05) is 32.2 Å². The van der Waals surface area contributed by atoms with E-state index in [-0.39, 0.29) is 0 Å². The van der Waals surface area contributed by atoms with Crippen molar-refractivity contribution in [3.8, 4) is 5.75 Å². The smallest absolute Gasteiger partial charge is 0.119 e. The number of ether oxygens (including phenoxy) is 1. The molecule has 1 unspecified atom stereocenters. The van der Waals surface area contributed by atoms with Crippen molar-refractivity contribution in [1.82, 2.24) is 4.90 Å². The Kier molecular flexibility index (Phi) is 8.73. The number of rotatable bonds is 10. The number of likely N-dealkylation sites (N-methyl/N-ethyl adjacent to an activating group) is 1. The summed E-state index contributed by atoms with van der Waals surface area (Å²) >= 11 is 6.80. The molecule has 1 aromatic carbocycles. The molecule has 0 fully saturated rings. The van der Waals surface area contributed by atoms with Crippen LogP contribution >= 0.6 is 24.0 Å². The summed E-state index contributed by atoms with van der Waals surface area (Å²) in [7, 11) is 2.17. The summed E-state index contributed by atoms with van der Waals surface area (Å²) in [6.07, 6.45) is 3.97. The van der Waals surface area contributed by atoms with E-state index < -0.39 is 0 Å². The maximum absolute atomic E-state index is 5.80. The molecule has 0 heterocycles. The molecular formula is C16H26N2OS2. The lowest BCUT2D eigenvalue weighted by Crippen LogP contribution is -2.36. The summed E-state index contributed by atoms with van der Waals surface area (Å²) < 4.78 is 5.80. The summed E-state index contributed by atoms with van der Waals surface area (Å²) in [6.45, 7) is 3.88. The van der Waals surface area contributed by atoms with E-state index >= 15 is 0 Å². The van der Waals surface area contributed by atoms with Crippen LogP contribution in [0.1, 0.15) is 18.9 Å². The molecule has 0 spiro atoms. The van der Waals surface area contributed by atoms with Crippen LogP contribution in [0.15, 0.2) is 24.3 Å². The van der Waals surface area contributed by atoms with Gasteiger partial charge in [0.25, 0.3) is 0 Å². The van der Waals surface area contributed by atoms with Gasteiger partial charge in [-0.2, -0.15) is 11.8 Å². The van der Waals surface area contributed by atoms with Gasteiger partial charge >= 0.3 is 0 Å². The van der Waals surface area contributed by atoms with E-state index in [1.165, 1.54) is 12.2 Å². The summed E-state index contributed by atoms with van der Waals surface area (Å²) in [4.78, 5) is 2.89. The molecule has 0 bridgehead atoms. The van der Waals surface area contributed by atoms with E-state index in [1.807, 2.05) is 36.0 Å². The number of benzene rings is 1. The van der Waals surface area contributed by atoms with Crippen molar-refractivity contribution in [3.63, 3.8) is 0 Å². The zero-order chi connectivity index (χ0) is 15.7. The zero-order valence-corrected chi connectivity index (χ0v) is 14.8. The van der Waals surface area contributed by atoms with Gasteiger partial charge in [0, 0.05) is 24.8 Å². The van der Waals surface area contributed by atoms with Crippen LogP contribution in [0, 0.1) is 0 Å². The Morgan fingerprint density at radius 3 is 2.57 bits per heavy atom. The molecule has 0 aromatic heterocycles. The normalized spacial score (nSPS) is 12.4. The number of thiocarbonyl (C=S) groups is 1. The number of nitrogens with two attached hydrogens (primary N) is 1. The topological polar surface area (TPSA) is 38.5 Å². The fourth-order valence-electron chi connectivity index (χ4n) is 2.14. The standard InChI is InChI=1S/C16H26N2OS2/c1-4-14(12-21-3)18(2)9-10-19-15-7-5-13(6-8-15)11-16(17)20/h5-8,14H,4,9-12H2,1-3H3,(H2,17,20). The van der Waals surface area contributed by atoms with E-state index in [4.69, 9.17) is 22.7 Å². The fraction of sp³-hybridized carbons (Fsp3) is 0.562. The molecule has 0 saturated heterocycles. The summed E-state index contributed by atoms with van der Waals surface area (Å²) in [5, 5.41) is 0. The molecule has 3 nitrogen and oxygen atoms in total. The van der Waals surface area contributed by atoms with Crippen LogP contribution < -0.4 is 10.5 Å². The van der Waals surface area contributed by atoms with Gasteiger partial charge in [0.05, 0.1) is 4.99 Å². The molecule has 1 atom stereocenters. The van der Waals surface area contributed by atoms with E-state index in [1.54, 1.807) is 0 Å². The monoisotopic (exact) mass is 326 g/mol. The van der Waals surface area contributed by atoms with Gasteiger partial charge in [-0.25, -0.2) is 0 Å². The largest absolute Gasteiger partial charge is 0.492 e. The average molecular weight is 327 g/mol. The van der Waals surface area contributed by atoms with Gasteiger partial charge in [-0.1, -0.05) is 31.3 Å². The van der Waals surface area contributed by atoms with Crippen molar-refractivity contribution in [2.45, 2.75) is 25.8 Å². The molecule has 0 aliphatic carbocycles. The Bertz CT molecular complexity index is 423. The minimum absolute atomic E-state index is 0.518. The Hall–Kier alpha value is -0.780. The second kappa shape index (κ2) is 10.0. The van der Waals surface area contributed by atoms with Gasteiger partial charge in [0.2, 0.25) is 0 Å². The van der Waals surface area contributed by atoms with E-state index in [0.29, 0.717) is 24.1 Å². The highest BCUT2D eigenvalue weighted by atomic mass is 32.2. The lowest BCUT2D eigenvalue weighted by Gasteiger charge is -2.26. The molecule has 0 aliphatic rings. The van der Waals surface area contributed by atoms with Crippen LogP contribution in [0.25, 0.3) is 0 Å². The minimum Gasteiger partial charge on any atom is -0.492 e. The Morgan fingerprint density at radius 1 is 1.38 bits per heavy atom. The van der Waals surface area contributed by atoms with Gasteiger partial charge in [0.1, 0.15) is 12.4 Å². The average Bonchev–Trinajstić information content (AvgIpc) is 2.46. The van der Waals surface area contributed by atoms with Crippen molar-refractivity contribution in [3.05, 3.63) is 29.8 Å². The number of thioether (sulfide) groups is 1. The van der Waals surface area contributed by atoms with Crippen LogP contribution in [0.3, 0.4) is 0 Å². The first-order valence-corrected chi connectivity index (χ1v) is 9.06. The first-order valence-electron chi connectivity index (χ1n) is 7.26. The zero-order valence-electron chi connectivity index (χ0n) is 13.2. The van der Waals surface area contributed by atoms with Crippen LogP contribution in [0.4, 0.5) is 0 Å². The molecule has 118 valence electrons. The van der Waals surface area contributed by atoms with E-state index in [2.05, 4.69) is 25.1 Å². The maximum Gasteiger partial charge on any atom is 0.119 e. The summed E-state index contributed by atoms with van der Waals surface area (Å²) in [6, 6.07) is 8.61. The second-order valence-electron chi connectivity index (χ2n) is 5.13. The molecule has 21 heavy (non-hydrogen) atoms. The SMILES string of the molecule is CCC(CSC)N(C)CCOc1ccc(CC(N)=S)cc1. The Balaban J connectivity index is 2.36. The van der Waals surface area contributed by atoms with Crippen molar-refractivity contribution in [2.24, 2.45) is 5.73 Å². The van der Waals surface area contributed by atoms with Crippen LogP contribution in [0.5, 0.6) is 5.75 Å². The number of hydrogen-bond acceptors (Lipinski definition) is 4. The van der Waals surface area contributed by atoms with E-state index in [9.17, 15) is 0 Å². The quantitative estimate of drug-likeness (QED) is 0.669. The second-order valence-corrected chi connectivity index (χ2v) is 6.57. The van der Waals surface area contributed by atoms with Crippen LogP contribution in [-0.2, 0) is 6.42 Å². The number of nitrogens with zero attached hydrogens (tertiary/aromatic N) is 1. The fourth-order valence-corrected chi connectivity index (χ4v) is 3.19. The number of hydrogen-bond donors (Lipinski definition) is 1. The van der Waals surface area contributed by atoms with Crippen molar-refractivity contribution >= 4 is 29.0 Å². The van der Waals surface area contributed by atoms with Gasteiger partial charge in [0.15, 0.2) is 0 Å². The predicted molar refractivity (Wildman–Crippen MR) is 97.5 cm³/mol. The Labute approximate surface area is 138 Å². The first kappa shape index (κ1) is 18.3. The van der Waals surface area contributed by atoms with Crippen LogP contribution in [-0.4, -0.2) is 48.1 Å². The van der Waals surface area contributed by atoms with Gasteiger partial charge in [-0.15, -0.1) is 0 Å². The highest BCUT2D eigenvalue weighted by molar-refractivity contribution is 7.98. The predicted octanol–water partition coefficient (Wildman–Crippen LogP) is 2.97. The molecule has 2 N–H and O–H groups in total. The third-order valence-corrected chi connectivity index (χ3v) is 4.33. The molecule has 0 aliphatic heterocycles. The third-order valence-electron chi connectivity index (χ3n) is 3.47. The van der Waals surface area contributed by atoms with Crippen molar-refractivity contribution in [1.29, 1.82) is 0 Å². The molecule has 0 radical (unpaired) electrons. The lowest BCUT2D eigenvalue weighted by atomic mass is 10.1. The molecule has 0 amide bonds. The summed E-state index contributed by atoms with van der Waals surface area (Å²) in [5.41, 5.74) is 6.66. The Morgan fingerprint density at radius 2 is 2.05 bits per heavy atom. The third kappa shape index (κ3) is 7.16. The molecule has 1 aromatic rings. The van der Waals surface area contributed by atoms with Gasteiger partial charge in [-0.3, -0.25) is 4.90 Å². The highest BCUT2D eigenvalue weighted by Crippen LogP contribution is 2.13. The molecular weight excluding hydrogens is 300 g/mol.